The summed E-state index contributed by atoms with van der Waals surface area (Å²) in [6.07, 6.45) is 0.987. The Hall–Kier alpha value is -1.79. The van der Waals surface area contributed by atoms with E-state index < -0.39 is 0 Å². The number of piperazine rings is 1. The number of carbonyl (C=O) groups excluding carboxylic acids is 1. The molecule has 0 aromatic heterocycles. The molecular weight excluding hydrogens is 409 g/mol. The summed E-state index contributed by atoms with van der Waals surface area (Å²) in [5, 5.41) is 3.97. The zero-order valence-corrected chi connectivity index (χ0v) is 18.2. The van der Waals surface area contributed by atoms with Gasteiger partial charge < -0.3 is 15.0 Å². The Morgan fingerprint density at radius 3 is 2.48 bits per heavy atom. The van der Waals surface area contributed by atoms with Crippen LogP contribution in [0.25, 0.3) is 0 Å². The van der Waals surface area contributed by atoms with Crippen molar-refractivity contribution < 1.29 is 9.53 Å². The Morgan fingerprint density at radius 2 is 1.79 bits per heavy atom. The van der Waals surface area contributed by atoms with E-state index in [9.17, 15) is 4.79 Å². The van der Waals surface area contributed by atoms with Crippen LogP contribution >= 0.6 is 23.2 Å². The Kier molecular flexibility index (Phi) is 8.19. The van der Waals surface area contributed by atoms with Gasteiger partial charge in [-0.3, -0.25) is 9.69 Å². The molecule has 2 aromatic rings. The van der Waals surface area contributed by atoms with Gasteiger partial charge in [0.25, 0.3) is 0 Å². The monoisotopic (exact) mass is 435 g/mol. The molecule has 7 heteroatoms. The Bertz CT molecular complexity index is 806. The smallest absolute Gasteiger partial charge is 0.224 e. The van der Waals surface area contributed by atoms with Crippen molar-refractivity contribution >= 4 is 34.8 Å². The molecule has 2 aromatic carbocycles. The van der Waals surface area contributed by atoms with Gasteiger partial charge in [-0.15, -0.1) is 0 Å². The maximum Gasteiger partial charge on any atom is 0.224 e. The Labute approximate surface area is 182 Å². The molecule has 0 radical (unpaired) electrons. The highest BCUT2D eigenvalue weighted by Gasteiger charge is 2.13. The average Bonchev–Trinajstić information content (AvgIpc) is 2.70. The van der Waals surface area contributed by atoms with Gasteiger partial charge >= 0.3 is 0 Å². The van der Waals surface area contributed by atoms with E-state index in [4.69, 9.17) is 27.9 Å². The van der Waals surface area contributed by atoms with Crippen molar-refractivity contribution in [3.05, 3.63) is 58.1 Å². The number of hydrogen-bond acceptors (Lipinski definition) is 4. The van der Waals surface area contributed by atoms with Crippen LogP contribution in [-0.4, -0.2) is 55.5 Å². The molecule has 156 valence electrons. The summed E-state index contributed by atoms with van der Waals surface area (Å²) in [7, 11) is 2.16. The summed E-state index contributed by atoms with van der Waals surface area (Å²) in [6.45, 7) is 5.78. The number of anilines is 1. The van der Waals surface area contributed by atoms with Crippen molar-refractivity contribution in [3.63, 3.8) is 0 Å². The maximum absolute atomic E-state index is 12.1. The van der Waals surface area contributed by atoms with Crippen molar-refractivity contribution in [2.24, 2.45) is 0 Å². The molecule has 3 rings (SSSR count). The van der Waals surface area contributed by atoms with Crippen molar-refractivity contribution in [1.82, 2.24) is 9.80 Å². The number of rotatable bonds is 8. The van der Waals surface area contributed by atoms with Crippen LogP contribution in [0.3, 0.4) is 0 Å². The van der Waals surface area contributed by atoms with Crippen LogP contribution in [0.1, 0.15) is 18.4 Å². The highest BCUT2D eigenvalue weighted by atomic mass is 35.5. The van der Waals surface area contributed by atoms with Crippen LogP contribution in [-0.2, 0) is 11.3 Å². The van der Waals surface area contributed by atoms with Gasteiger partial charge in [-0.05, 0) is 49.4 Å². The lowest BCUT2D eigenvalue weighted by Gasteiger charge is -2.32. The van der Waals surface area contributed by atoms with E-state index in [-0.39, 0.29) is 5.91 Å². The van der Waals surface area contributed by atoms with Crippen LogP contribution < -0.4 is 10.1 Å². The predicted octanol–water partition coefficient (Wildman–Crippen LogP) is 4.54. The van der Waals surface area contributed by atoms with Crippen LogP contribution in [0.5, 0.6) is 5.75 Å². The molecule has 0 aliphatic carbocycles. The van der Waals surface area contributed by atoms with E-state index in [1.54, 1.807) is 18.2 Å². The second-order valence-corrected chi connectivity index (χ2v) is 8.19. The predicted molar refractivity (Wildman–Crippen MR) is 119 cm³/mol. The summed E-state index contributed by atoms with van der Waals surface area (Å²) in [5.41, 5.74) is 2.08. The molecular formula is C22H27Cl2N3O2. The maximum atomic E-state index is 12.1. The fourth-order valence-electron chi connectivity index (χ4n) is 3.19. The molecule has 1 heterocycles. The third-order valence-electron chi connectivity index (χ3n) is 4.94. The molecule has 1 fully saturated rings. The first-order chi connectivity index (χ1) is 14.0. The van der Waals surface area contributed by atoms with E-state index in [0.29, 0.717) is 35.2 Å². The van der Waals surface area contributed by atoms with Crippen LogP contribution in [0.15, 0.2) is 42.5 Å². The largest absolute Gasteiger partial charge is 0.492 e. The molecule has 0 unspecified atom stereocenters. The molecule has 0 spiro atoms. The lowest BCUT2D eigenvalue weighted by molar-refractivity contribution is -0.116. The van der Waals surface area contributed by atoms with E-state index in [2.05, 4.69) is 34.3 Å². The summed E-state index contributed by atoms with van der Waals surface area (Å²) in [6, 6.07) is 13.2. The molecule has 1 N–H and O–H groups in total. The summed E-state index contributed by atoms with van der Waals surface area (Å²) in [5.74, 6) is 0.551. The standard InChI is InChI=1S/C22H27Cl2N3O2/c1-26-10-12-27(13-11-26)16-17-4-7-19(8-5-17)25-22(28)3-2-14-29-21-9-6-18(23)15-20(21)24/h4-9,15H,2-3,10-14,16H2,1H3,(H,25,28). The van der Waals surface area contributed by atoms with Crippen LogP contribution in [0.2, 0.25) is 10.0 Å². The number of hydrogen-bond donors (Lipinski definition) is 1. The molecule has 0 saturated carbocycles. The topological polar surface area (TPSA) is 44.8 Å². The molecule has 5 nitrogen and oxygen atoms in total. The van der Waals surface area contributed by atoms with Gasteiger partial charge in [0.1, 0.15) is 5.75 Å². The van der Waals surface area contributed by atoms with Crippen LogP contribution in [0.4, 0.5) is 5.69 Å². The average molecular weight is 436 g/mol. The zero-order valence-electron chi connectivity index (χ0n) is 16.7. The summed E-state index contributed by atoms with van der Waals surface area (Å²) in [4.78, 5) is 17.0. The second-order valence-electron chi connectivity index (χ2n) is 7.35. The number of nitrogens with zero attached hydrogens (tertiary/aromatic N) is 2. The second kappa shape index (κ2) is 10.8. The minimum atomic E-state index is -0.0254. The van der Waals surface area contributed by atoms with Gasteiger partial charge in [-0.2, -0.15) is 0 Å². The normalized spacial score (nSPS) is 15.3. The van der Waals surface area contributed by atoms with E-state index in [0.717, 1.165) is 38.4 Å². The first-order valence-electron chi connectivity index (χ1n) is 9.87. The molecule has 1 aliphatic rings. The van der Waals surface area contributed by atoms with Gasteiger partial charge in [0.15, 0.2) is 0 Å². The van der Waals surface area contributed by atoms with Gasteiger partial charge in [-0.1, -0.05) is 35.3 Å². The third-order valence-corrected chi connectivity index (χ3v) is 5.47. The summed E-state index contributed by atoms with van der Waals surface area (Å²) >= 11 is 11.9. The minimum absolute atomic E-state index is 0.0254. The number of halogens is 2. The van der Waals surface area contributed by atoms with Crippen LogP contribution in [0, 0.1) is 0 Å². The third kappa shape index (κ3) is 7.19. The highest BCUT2D eigenvalue weighted by Crippen LogP contribution is 2.27. The minimum Gasteiger partial charge on any atom is -0.492 e. The molecule has 1 saturated heterocycles. The zero-order chi connectivity index (χ0) is 20.6. The lowest BCUT2D eigenvalue weighted by atomic mass is 10.1. The fraction of sp³-hybridized carbons (Fsp3) is 0.409. The van der Waals surface area contributed by atoms with Crippen molar-refractivity contribution in [2.75, 3.05) is 45.2 Å². The van der Waals surface area contributed by atoms with Gasteiger partial charge in [-0.25, -0.2) is 0 Å². The number of amides is 1. The number of nitrogens with one attached hydrogen (secondary N) is 1. The Balaban J connectivity index is 1.36. The Morgan fingerprint density at radius 1 is 1.07 bits per heavy atom. The number of carbonyl (C=O) groups is 1. The molecule has 0 atom stereocenters. The quantitative estimate of drug-likeness (QED) is 0.618. The van der Waals surface area contributed by atoms with Crippen molar-refractivity contribution in [2.45, 2.75) is 19.4 Å². The molecule has 1 aliphatic heterocycles. The highest BCUT2D eigenvalue weighted by molar-refractivity contribution is 6.35. The molecule has 0 bridgehead atoms. The van der Waals surface area contributed by atoms with Gasteiger partial charge in [0.05, 0.1) is 11.6 Å². The van der Waals surface area contributed by atoms with E-state index >= 15 is 0 Å². The first-order valence-corrected chi connectivity index (χ1v) is 10.6. The van der Waals surface area contributed by atoms with Gasteiger partial charge in [0.2, 0.25) is 5.91 Å². The number of ether oxygens (including phenoxy) is 1. The van der Waals surface area contributed by atoms with Gasteiger partial charge in [0, 0.05) is 49.9 Å². The van der Waals surface area contributed by atoms with E-state index in [1.807, 2.05) is 12.1 Å². The fourth-order valence-corrected chi connectivity index (χ4v) is 3.65. The van der Waals surface area contributed by atoms with Crippen molar-refractivity contribution in [1.29, 1.82) is 0 Å². The van der Waals surface area contributed by atoms with Crippen molar-refractivity contribution in [3.8, 4) is 5.75 Å². The van der Waals surface area contributed by atoms with E-state index in [1.165, 1.54) is 5.56 Å². The molecule has 29 heavy (non-hydrogen) atoms. The molecule has 1 amide bonds. The SMILES string of the molecule is CN1CCN(Cc2ccc(NC(=O)CCCOc3ccc(Cl)cc3Cl)cc2)CC1. The summed E-state index contributed by atoms with van der Waals surface area (Å²) < 4.78 is 5.61. The lowest BCUT2D eigenvalue weighted by Crippen LogP contribution is -2.43. The number of likely N-dealkylation sites (N-methyl/N-ethyl adjacent to an activating group) is 1. The first kappa shape index (κ1) is 21.9. The number of benzene rings is 2.